The highest BCUT2D eigenvalue weighted by Gasteiger charge is 2.13. The van der Waals surface area contributed by atoms with Crippen LogP contribution >= 0.6 is 34.1 Å². The Morgan fingerprint density at radius 1 is 1.64 bits per heavy atom. The Morgan fingerprint density at radius 3 is 3.14 bits per heavy atom. The lowest BCUT2D eigenvalue weighted by Gasteiger charge is -1.87. The van der Waals surface area contributed by atoms with Gasteiger partial charge in [-0.25, -0.2) is 0 Å². The molecule has 0 amide bonds. The highest BCUT2D eigenvalue weighted by atomic mass is 127. The molecule has 7 heteroatoms. The van der Waals surface area contributed by atoms with Crippen LogP contribution in [-0.2, 0) is 11.3 Å². The van der Waals surface area contributed by atoms with Crippen LogP contribution in [0.4, 0.5) is 0 Å². The summed E-state index contributed by atoms with van der Waals surface area (Å²) in [7, 11) is 1.59. The highest BCUT2D eigenvalue weighted by Crippen LogP contribution is 2.23. The van der Waals surface area contributed by atoms with E-state index in [-0.39, 0.29) is 0 Å². The molecule has 0 aliphatic carbocycles. The monoisotopic (exact) mass is 323 g/mol. The van der Waals surface area contributed by atoms with Gasteiger partial charge in [0.25, 0.3) is 5.89 Å². The molecule has 2 aromatic heterocycles. The molecule has 74 valence electrons. The number of nitrogens with zero attached hydrogens (tertiary/aromatic N) is 3. The van der Waals surface area contributed by atoms with E-state index in [4.69, 9.17) is 9.26 Å². The van der Waals surface area contributed by atoms with Gasteiger partial charge in [-0.2, -0.15) is 9.36 Å². The normalized spacial score (nSPS) is 10.7. The first-order valence-corrected chi connectivity index (χ1v) is 5.64. The topological polar surface area (TPSA) is 61.0 Å². The van der Waals surface area contributed by atoms with Crippen LogP contribution in [0.5, 0.6) is 0 Å². The lowest BCUT2D eigenvalue weighted by Crippen LogP contribution is -1.89. The summed E-state index contributed by atoms with van der Waals surface area (Å²) in [5.41, 5.74) is 0.741. The van der Waals surface area contributed by atoms with Crippen molar-refractivity contribution in [3.05, 3.63) is 14.8 Å². The van der Waals surface area contributed by atoms with Gasteiger partial charge in [-0.05, 0) is 34.1 Å². The van der Waals surface area contributed by atoms with Crippen molar-refractivity contribution >= 4 is 34.1 Å². The number of hydrogen-bond acceptors (Lipinski definition) is 6. The average Bonchev–Trinajstić information content (AvgIpc) is 2.74. The van der Waals surface area contributed by atoms with Crippen molar-refractivity contribution in [2.24, 2.45) is 0 Å². The van der Waals surface area contributed by atoms with E-state index in [2.05, 4.69) is 37.1 Å². The van der Waals surface area contributed by atoms with Gasteiger partial charge in [0.15, 0.2) is 11.5 Å². The highest BCUT2D eigenvalue weighted by molar-refractivity contribution is 14.1. The summed E-state index contributed by atoms with van der Waals surface area (Å²) in [6.45, 7) is 0.351. The number of hydrogen-bond donors (Lipinski definition) is 0. The third-order valence-corrected chi connectivity index (χ3v) is 3.34. The van der Waals surface area contributed by atoms with Crippen LogP contribution in [0.25, 0.3) is 11.6 Å². The molecular weight excluding hydrogens is 317 g/mol. The smallest absolute Gasteiger partial charge is 0.278 e. The van der Waals surface area contributed by atoms with E-state index in [0.29, 0.717) is 18.3 Å². The van der Waals surface area contributed by atoms with Crippen LogP contribution in [0.15, 0.2) is 9.90 Å². The number of rotatable bonds is 3. The third-order valence-electron chi connectivity index (χ3n) is 1.47. The van der Waals surface area contributed by atoms with Crippen molar-refractivity contribution in [3.8, 4) is 11.6 Å². The summed E-state index contributed by atoms with van der Waals surface area (Å²) < 4.78 is 15.1. The van der Waals surface area contributed by atoms with Crippen LogP contribution in [0.2, 0.25) is 0 Å². The summed E-state index contributed by atoms with van der Waals surface area (Å²) in [5.74, 6) is 0.981. The van der Waals surface area contributed by atoms with Crippen molar-refractivity contribution in [1.29, 1.82) is 0 Å². The van der Waals surface area contributed by atoms with Crippen LogP contribution in [0.3, 0.4) is 0 Å². The van der Waals surface area contributed by atoms with Crippen LogP contribution in [-0.4, -0.2) is 21.6 Å². The molecular formula is C7H6IN3O2S. The predicted octanol–water partition coefficient (Wildman–Crippen LogP) is 1.94. The lowest BCUT2D eigenvalue weighted by molar-refractivity contribution is 0.174. The number of methoxy groups -OCH3 is 1. The van der Waals surface area contributed by atoms with Gasteiger partial charge in [0.2, 0.25) is 0 Å². The summed E-state index contributed by atoms with van der Waals surface area (Å²) in [6, 6.07) is 0. The minimum atomic E-state index is 0.351. The fourth-order valence-corrected chi connectivity index (χ4v) is 2.30. The molecule has 0 spiro atoms. The molecule has 2 rings (SSSR count). The van der Waals surface area contributed by atoms with Gasteiger partial charge in [0.05, 0.1) is 3.57 Å². The van der Waals surface area contributed by atoms with Crippen molar-refractivity contribution in [2.45, 2.75) is 6.61 Å². The van der Waals surface area contributed by atoms with Gasteiger partial charge < -0.3 is 9.26 Å². The summed E-state index contributed by atoms with van der Waals surface area (Å²) in [6.07, 6.45) is 0. The van der Waals surface area contributed by atoms with E-state index in [1.54, 1.807) is 7.11 Å². The van der Waals surface area contributed by atoms with E-state index < -0.39 is 0 Å². The molecule has 0 aliphatic rings. The van der Waals surface area contributed by atoms with E-state index >= 15 is 0 Å². The summed E-state index contributed by atoms with van der Waals surface area (Å²) in [5, 5.41) is 5.68. The molecule has 0 aliphatic heterocycles. The number of ether oxygens (including phenoxy) is 1. The summed E-state index contributed by atoms with van der Waals surface area (Å²) >= 11 is 3.55. The largest absolute Gasteiger partial charge is 0.377 e. The lowest BCUT2D eigenvalue weighted by atomic mass is 10.4. The first-order chi connectivity index (χ1) is 6.81. The van der Waals surface area contributed by atoms with Gasteiger partial charge in [-0.3, -0.25) is 0 Å². The Morgan fingerprint density at radius 2 is 2.50 bits per heavy atom. The van der Waals surface area contributed by atoms with E-state index in [0.717, 1.165) is 9.26 Å². The molecule has 0 N–H and O–H groups in total. The molecule has 0 bridgehead atoms. The van der Waals surface area contributed by atoms with Crippen molar-refractivity contribution in [2.75, 3.05) is 7.11 Å². The fourth-order valence-electron chi connectivity index (χ4n) is 0.904. The molecule has 0 radical (unpaired) electrons. The molecule has 0 saturated heterocycles. The van der Waals surface area contributed by atoms with Gasteiger partial charge in [-0.1, -0.05) is 5.16 Å². The Hall–Kier alpha value is -0.540. The van der Waals surface area contributed by atoms with Gasteiger partial charge in [-0.15, -0.1) is 0 Å². The van der Waals surface area contributed by atoms with Gasteiger partial charge in [0, 0.05) is 12.5 Å². The Kier molecular flexibility index (Phi) is 3.08. The Balaban J connectivity index is 2.29. The van der Waals surface area contributed by atoms with Crippen molar-refractivity contribution < 1.29 is 9.26 Å². The molecule has 0 fully saturated rings. The minimum Gasteiger partial charge on any atom is -0.377 e. The standard InChI is InChI=1S/C7H6IN3O2S/c1-12-2-5-9-7(13-10-5)6-4(8)3-14-11-6/h3H,2H2,1H3. The fraction of sp³-hybridized carbons (Fsp3) is 0.286. The molecule has 2 aromatic rings. The SMILES string of the molecule is COCc1noc(-c2nscc2I)n1. The summed E-state index contributed by atoms with van der Waals surface area (Å²) in [4.78, 5) is 4.14. The maximum atomic E-state index is 5.04. The zero-order chi connectivity index (χ0) is 9.97. The molecule has 0 saturated carbocycles. The second-order valence-corrected chi connectivity index (χ2v) is 4.25. The zero-order valence-electron chi connectivity index (χ0n) is 7.23. The van der Waals surface area contributed by atoms with Crippen LogP contribution in [0, 0.1) is 3.57 Å². The second-order valence-electron chi connectivity index (χ2n) is 2.46. The molecule has 0 unspecified atom stereocenters. The quantitative estimate of drug-likeness (QED) is 0.808. The molecule has 2 heterocycles. The zero-order valence-corrected chi connectivity index (χ0v) is 10.2. The molecule has 5 nitrogen and oxygen atoms in total. The van der Waals surface area contributed by atoms with E-state index in [1.807, 2.05) is 5.38 Å². The Labute approximate surface area is 97.8 Å². The van der Waals surface area contributed by atoms with E-state index in [9.17, 15) is 0 Å². The van der Waals surface area contributed by atoms with E-state index in [1.165, 1.54) is 11.5 Å². The minimum absolute atomic E-state index is 0.351. The average molecular weight is 323 g/mol. The van der Waals surface area contributed by atoms with Crippen molar-refractivity contribution in [1.82, 2.24) is 14.5 Å². The Bertz CT molecular complexity index is 428. The van der Waals surface area contributed by atoms with Gasteiger partial charge >= 0.3 is 0 Å². The van der Waals surface area contributed by atoms with Crippen LogP contribution < -0.4 is 0 Å². The van der Waals surface area contributed by atoms with Gasteiger partial charge in [0.1, 0.15) is 6.61 Å². The molecule has 0 atom stereocenters. The molecule has 0 aromatic carbocycles. The number of aromatic nitrogens is 3. The third kappa shape index (κ3) is 1.93. The maximum Gasteiger partial charge on any atom is 0.278 e. The van der Waals surface area contributed by atoms with Crippen LogP contribution in [0.1, 0.15) is 5.82 Å². The molecule has 14 heavy (non-hydrogen) atoms. The van der Waals surface area contributed by atoms with Crippen molar-refractivity contribution in [3.63, 3.8) is 0 Å². The number of halogens is 1. The second kappa shape index (κ2) is 4.32. The first kappa shape index (κ1) is 9.99. The predicted molar refractivity (Wildman–Crippen MR) is 58.8 cm³/mol. The first-order valence-electron chi connectivity index (χ1n) is 3.73. The maximum absolute atomic E-state index is 5.04.